The number of phenolic OH excluding ortho intramolecular Hbond substituents is 1. The highest BCUT2D eigenvalue weighted by atomic mass is 16.3. The van der Waals surface area contributed by atoms with Gasteiger partial charge < -0.3 is 26.0 Å². The van der Waals surface area contributed by atoms with Crippen molar-refractivity contribution in [1.82, 2.24) is 4.90 Å². The molecule has 7 nitrogen and oxygen atoms in total. The summed E-state index contributed by atoms with van der Waals surface area (Å²) >= 11 is 0. The first-order valence-electron chi connectivity index (χ1n) is 10.3. The van der Waals surface area contributed by atoms with E-state index in [2.05, 4.69) is 23.6 Å². The first-order chi connectivity index (χ1) is 14.5. The topological polar surface area (TPSA) is 106 Å². The van der Waals surface area contributed by atoms with E-state index in [1.165, 1.54) is 11.6 Å². The maximum atomic E-state index is 12.7. The fourth-order valence-corrected chi connectivity index (χ4v) is 4.40. The lowest BCUT2D eigenvalue weighted by Crippen LogP contribution is -2.47. The Labute approximate surface area is 175 Å². The number of aryl methyl sites for hydroxylation is 1. The van der Waals surface area contributed by atoms with Crippen LogP contribution in [0.1, 0.15) is 42.4 Å². The number of carbonyl (C=O) groups excluding carboxylic acids is 2. The van der Waals surface area contributed by atoms with Crippen molar-refractivity contribution in [1.29, 1.82) is 5.41 Å². The van der Waals surface area contributed by atoms with E-state index in [-0.39, 0.29) is 29.6 Å². The predicted octanol–water partition coefficient (Wildman–Crippen LogP) is 4.24. The van der Waals surface area contributed by atoms with Gasteiger partial charge in [-0.2, -0.15) is 0 Å². The van der Waals surface area contributed by atoms with Gasteiger partial charge in [0.1, 0.15) is 5.75 Å². The van der Waals surface area contributed by atoms with Crippen molar-refractivity contribution in [3.63, 3.8) is 0 Å². The molecule has 2 aromatic rings. The number of nitrogens with zero attached hydrogens (tertiary/aromatic N) is 1. The molecule has 0 spiro atoms. The quantitative estimate of drug-likeness (QED) is 0.451. The van der Waals surface area contributed by atoms with Crippen LogP contribution in [0.25, 0.3) is 0 Å². The smallest absolute Gasteiger partial charge is 0.322 e. The number of hydrogen-bond donors (Lipinski definition) is 4. The maximum Gasteiger partial charge on any atom is 0.322 e. The third kappa shape index (κ3) is 3.87. The van der Waals surface area contributed by atoms with Gasteiger partial charge in [0.05, 0.1) is 6.54 Å². The van der Waals surface area contributed by atoms with E-state index < -0.39 is 0 Å². The van der Waals surface area contributed by atoms with Crippen molar-refractivity contribution >= 4 is 29.5 Å². The number of urea groups is 1. The first kappa shape index (κ1) is 19.9. The maximum absolute atomic E-state index is 12.7. The standard InChI is InChI=1S/C23H26N4O3/c1-14-3-2-4-20-19(14)13-27(23(30)26-20)18-8-5-15(6-9-18)22(29)25-17-7-10-21(28)16(11-17)12-24/h2-4,7,10-12,15,18,24,28H,5-6,8-9,13H2,1H3,(H,25,29)(H,26,30). The third-order valence-electron chi connectivity index (χ3n) is 6.20. The lowest BCUT2D eigenvalue weighted by Gasteiger charge is -2.39. The van der Waals surface area contributed by atoms with E-state index in [1.807, 2.05) is 17.0 Å². The Balaban J connectivity index is 1.37. The molecule has 1 fully saturated rings. The Hall–Kier alpha value is -3.35. The minimum absolute atomic E-state index is 0.0140. The highest BCUT2D eigenvalue weighted by Gasteiger charge is 2.34. The number of fused-ring (bicyclic) bond motifs is 1. The molecule has 1 aliphatic carbocycles. The molecule has 156 valence electrons. The molecule has 30 heavy (non-hydrogen) atoms. The molecule has 1 aliphatic heterocycles. The van der Waals surface area contributed by atoms with Crippen LogP contribution in [0.15, 0.2) is 36.4 Å². The van der Waals surface area contributed by atoms with Gasteiger partial charge in [0.25, 0.3) is 0 Å². The summed E-state index contributed by atoms with van der Waals surface area (Å²) in [6.07, 6.45) is 4.06. The minimum atomic E-state index is -0.111. The summed E-state index contributed by atoms with van der Waals surface area (Å²) in [5.74, 6) is -0.153. The van der Waals surface area contributed by atoms with Gasteiger partial charge in [-0.05, 0) is 68.0 Å². The van der Waals surface area contributed by atoms with Crippen LogP contribution in [0, 0.1) is 18.3 Å². The zero-order valence-electron chi connectivity index (χ0n) is 16.9. The average molecular weight is 406 g/mol. The summed E-state index contributed by atoms with van der Waals surface area (Å²) in [5.41, 5.74) is 4.15. The van der Waals surface area contributed by atoms with Gasteiger partial charge in [-0.1, -0.05) is 12.1 Å². The molecule has 0 aromatic heterocycles. The summed E-state index contributed by atoms with van der Waals surface area (Å²) in [4.78, 5) is 27.2. The second-order valence-corrected chi connectivity index (χ2v) is 8.07. The second kappa shape index (κ2) is 8.18. The van der Waals surface area contributed by atoms with E-state index >= 15 is 0 Å². The highest BCUT2D eigenvalue weighted by Crippen LogP contribution is 2.34. The van der Waals surface area contributed by atoms with Gasteiger partial charge in [0.15, 0.2) is 0 Å². The van der Waals surface area contributed by atoms with Crippen LogP contribution >= 0.6 is 0 Å². The SMILES string of the molecule is Cc1cccc2c1CN(C1CCC(C(=O)Nc3ccc(O)c(C=N)c3)CC1)C(=O)N2. The van der Waals surface area contributed by atoms with Gasteiger partial charge in [0, 0.05) is 35.1 Å². The molecule has 0 saturated heterocycles. The van der Waals surface area contributed by atoms with Crippen molar-refractivity contribution in [2.45, 2.75) is 45.2 Å². The largest absolute Gasteiger partial charge is 0.507 e. The lowest BCUT2D eigenvalue weighted by molar-refractivity contribution is -0.121. The van der Waals surface area contributed by atoms with Crippen LogP contribution in [-0.4, -0.2) is 34.2 Å². The average Bonchev–Trinajstić information content (AvgIpc) is 2.75. The van der Waals surface area contributed by atoms with Crippen LogP contribution < -0.4 is 10.6 Å². The normalized spacial score (nSPS) is 20.8. The molecule has 1 saturated carbocycles. The third-order valence-corrected chi connectivity index (χ3v) is 6.20. The summed E-state index contributed by atoms with van der Waals surface area (Å²) < 4.78 is 0. The molecule has 1 heterocycles. The fourth-order valence-electron chi connectivity index (χ4n) is 4.40. The molecule has 0 atom stereocenters. The highest BCUT2D eigenvalue weighted by molar-refractivity contribution is 5.94. The molecule has 0 bridgehead atoms. The number of phenols is 1. The Morgan fingerprint density at radius 1 is 1.23 bits per heavy atom. The monoisotopic (exact) mass is 406 g/mol. The zero-order chi connectivity index (χ0) is 21.3. The molecule has 4 rings (SSSR count). The molecule has 2 aromatic carbocycles. The molecular weight excluding hydrogens is 380 g/mol. The minimum Gasteiger partial charge on any atom is -0.507 e. The summed E-state index contributed by atoms with van der Waals surface area (Å²) in [7, 11) is 0. The Bertz CT molecular complexity index is 996. The first-order valence-corrected chi connectivity index (χ1v) is 10.3. The number of carbonyl (C=O) groups is 2. The van der Waals surface area contributed by atoms with Crippen molar-refractivity contribution in [3.05, 3.63) is 53.1 Å². The number of anilines is 2. The Morgan fingerprint density at radius 3 is 2.73 bits per heavy atom. The molecular formula is C23H26N4O3. The molecule has 0 unspecified atom stereocenters. The van der Waals surface area contributed by atoms with E-state index in [0.29, 0.717) is 17.8 Å². The van der Waals surface area contributed by atoms with Crippen LogP contribution in [0.5, 0.6) is 5.75 Å². The Kier molecular flexibility index (Phi) is 5.44. The van der Waals surface area contributed by atoms with E-state index in [9.17, 15) is 14.7 Å². The zero-order valence-corrected chi connectivity index (χ0v) is 16.9. The van der Waals surface area contributed by atoms with Gasteiger partial charge in [-0.15, -0.1) is 0 Å². The molecule has 3 amide bonds. The van der Waals surface area contributed by atoms with Crippen molar-refractivity contribution in [2.24, 2.45) is 5.92 Å². The molecule has 7 heteroatoms. The number of rotatable bonds is 4. The van der Waals surface area contributed by atoms with E-state index in [1.54, 1.807) is 12.1 Å². The van der Waals surface area contributed by atoms with Gasteiger partial charge >= 0.3 is 6.03 Å². The van der Waals surface area contributed by atoms with Gasteiger partial charge in [-0.3, -0.25) is 4.79 Å². The van der Waals surface area contributed by atoms with E-state index in [4.69, 9.17) is 5.41 Å². The number of hydrogen-bond acceptors (Lipinski definition) is 4. The number of benzene rings is 2. The van der Waals surface area contributed by atoms with Crippen LogP contribution in [-0.2, 0) is 11.3 Å². The van der Waals surface area contributed by atoms with Crippen LogP contribution in [0.3, 0.4) is 0 Å². The van der Waals surface area contributed by atoms with E-state index in [0.717, 1.165) is 43.1 Å². The molecule has 2 aliphatic rings. The van der Waals surface area contributed by atoms with Crippen molar-refractivity contribution < 1.29 is 14.7 Å². The lowest BCUT2D eigenvalue weighted by atomic mass is 9.84. The van der Waals surface area contributed by atoms with Crippen molar-refractivity contribution in [2.75, 3.05) is 10.6 Å². The Morgan fingerprint density at radius 2 is 2.00 bits per heavy atom. The fraction of sp³-hybridized carbons (Fsp3) is 0.348. The van der Waals surface area contributed by atoms with Crippen LogP contribution in [0.4, 0.5) is 16.2 Å². The number of aromatic hydroxyl groups is 1. The predicted molar refractivity (Wildman–Crippen MR) is 116 cm³/mol. The summed E-state index contributed by atoms with van der Waals surface area (Å²) in [6.45, 7) is 2.66. The second-order valence-electron chi connectivity index (χ2n) is 8.07. The van der Waals surface area contributed by atoms with Gasteiger partial charge in [0.2, 0.25) is 5.91 Å². The molecule has 4 N–H and O–H groups in total. The molecule has 0 radical (unpaired) electrons. The van der Waals surface area contributed by atoms with Gasteiger partial charge in [-0.25, -0.2) is 4.79 Å². The van der Waals surface area contributed by atoms with Crippen molar-refractivity contribution in [3.8, 4) is 5.75 Å². The summed E-state index contributed by atoms with van der Waals surface area (Å²) in [5, 5.41) is 22.9. The number of nitrogens with one attached hydrogen (secondary N) is 3. The van der Waals surface area contributed by atoms with Crippen LogP contribution in [0.2, 0.25) is 0 Å². The summed E-state index contributed by atoms with van der Waals surface area (Å²) in [6, 6.07) is 10.7. The number of amides is 3.